The van der Waals surface area contributed by atoms with Gasteiger partial charge in [-0.1, -0.05) is 75.8 Å². The molecule has 0 saturated carbocycles. The number of fused-ring (bicyclic) bond motifs is 1. The Hall–Kier alpha value is -4.65. The highest BCUT2D eigenvalue weighted by atomic mass is 16.7. The number of nitrogens with zero attached hydrogens (tertiary/aromatic N) is 7. The summed E-state index contributed by atoms with van der Waals surface area (Å²) in [7, 11) is 3.55. The van der Waals surface area contributed by atoms with Crippen molar-refractivity contribution in [1.29, 1.82) is 0 Å². The molecule has 1 aromatic carbocycles. The van der Waals surface area contributed by atoms with E-state index in [4.69, 9.17) is 18.6 Å². The third-order valence-corrected chi connectivity index (χ3v) is 13.9. The minimum Gasteiger partial charge on any atom is -0.468 e. The monoisotopic (exact) mass is 942 g/mol. The summed E-state index contributed by atoms with van der Waals surface area (Å²) in [6.07, 6.45) is 5.19. The number of carbonyl (C=O) groups excluding carboxylic acids is 2. The summed E-state index contributed by atoms with van der Waals surface area (Å²) in [6, 6.07) is 12.9. The first-order chi connectivity index (χ1) is 32.6. The van der Waals surface area contributed by atoms with Gasteiger partial charge in [0.2, 0.25) is 0 Å². The van der Waals surface area contributed by atoms with E-state index in [-0.39, 0.29) is 18.1 Å². The van der Waals surface area contributed by atoms with Crippen LogP contribution in [0.5, 0.6) is 0 Å². The molecule has 1 saturated heterocycles. The SMILES string of the molecule is CC[C@H]1OC(=O)C[C@@H](O)[C@H](C)[C@@H](O[C@@H]2O[C@H](C)[C@@H](O)[C@H](N(C)C)[C@H]2O)[C@@H](CCN(Cc2cn(-c3cnc4ccccc4c3)nn2)Cc2ccco2)C[C@@H](C)C(=O)/C=C/C(C)=C/[C@@H]1CN(CC)CC. The molecular weight excluding hydrogens is 867 g/mol. The summed E-state index contributed by atoms with van der Waals surface area (Å²) in [5, 5.41) is 45.0. The van der Waals surface area contributed by atoms with Gasteiger partial charge in [-0.15, -0.1) is 5.10 Å². The standard InChI is InChI=1S/C52H75N7O9/c1-10-46-39(29-57(11-2)12-3)24-33(4)19-20-44(60)34(5)25-38(51(35(6)45(61)27-47(62)67-46)68-52-50(64)48(56(8)9)49(63)36(7)66-52)21-22-58(32-42-17-15-23-65-42)30-40-31-59(55-54-40)41-26-37-16-13-14-18-43(37)53-28-41/h13-20,23-24,26,28,31,34-36,38-39,45-46,48-52,61,63-64H,10-12,21-22,25,27,29-30,32H2,1-9H3/b20-19+,33-24+/t34-,35+,36-,38+,39-,45-,46-,48+,49-,50-,51-,52+/m1/s1. The number of carbonyl (C=O) groups is 2. The number of esters is 1. The van der Waals surface area contributed by atoms with Crippen LogP contribution in [0, 0.1) is 23.7 Å². The zero-order chi connectivity index (χ0) is 49.1. The summed E-state index contributed by atoms with van der Waals surface area (Å²) in [6.45, 7) is 17.2. The summed E-state index contributed by atoms with van der Waals surface area (Å²) in [5.74, 6) is -1.61. The Bertz CT molecular complexity index is 2260. The van der Waals surface area contributed by atoms with Crippen molar-refractivity contribution in [3.8, 4) is 5.69 Å². The summed E-state index contributed by atoms with van der Waals surface area (Å²) in [5.41, 5.74) is 3.25. The molecule has 2 aliphatic heterocycles. The van der Waals surface area contributed by atoms with Crippen LogP contribution in [0.3, 0.4) is 0 Å². The molecule has 0 amide bonds. The zero-order valence-electron chi connectivity index (χ0n) is 41.4. The van der Waals surface area contributed by atoms with Crippen LogP contribution in [0.25, 0.3) is 16.6 Å². The number of rotatable bonds is 16. The summed E-state index contributed by atoms with van der Waals surface area (Å²) < 4.78 is 26.9. The molecule has 4 aromatic rings. The van der Waals surface area contributed by atoms with E-state index in [1.807, 2.05) is 82.4 Å². The Morgan fingerprint density at radius 3 is 2.41 bits per heavy atom. The fourth-order valence-corrected chi connectivity index (χ4v) is 9.73. The molecule has 2 aliphatic rings. The number of allylic oxidation sites excluding steroid dienone is 3. The van der Waals surface area contributed by atoms with E-state index in [1.54, 1.807) is 49.1 Å². The number of hydrogen-bond donors (Lipinski definition) is 3. The Morgan fingerprint density at radius 2 is 1.71 bits per heavy atom. The maximum Gasteiger partial charge on any atom is 0.308 e. The zero-order valence-corrected chi connectivity index (χ0v) is 41.4. The molecule has 0 radical (unpaired) electrons. The second kappa shape index (κ2) is 24.8. The fourth-order valence-electron chi connectivity index (χ4n) is 9.73. The Morgan fingerprint density at radius 1 is 0.941 bits per heavy atom. The Balaban J connectivity index is 1.35. The van der Waals surface area contributed by atoms with Gasteiger partial charge in [0.1, 0.15) is 18.0 Å². The molecule has 68 heavy (non-hydrogen) atoms. The van der Waals surface area contributed by atoms with Crippen LogP contribution < -0.4 is 0 Å². The highest BCUT2D eigenvalue weighted by Crippen LogP contribution is 2.35. The number of furan rings is 1. The van der Waals surface area contributed by atoms with Crippen LogP contribution >= 0.6 is 0 Å². The van der Waals surface area contributed by atoms with Gasteiger partial charge in [-0.05, 0) is 103 Å². The molecule has 1 fully saturated rings. The lowest BCUT2D eigenvalue weighted by Crippen LogP contribution is -2.63. The van der Waals surface area contributed by atoms with Crippen LogP contribution in [-0.2, 0) is 36.9 Å². The molecular formula is C52H75N7O9. The number of aliphatic hydroxyl groups is 3. The molecule has 16 nitrogen and oxygen atoms in total. The minimum absolute atomic E-state index is 0.0637. The molecule has 16 heteroatoms. The average Bonchev–Trinajstić information content (AvgIpc) is 4.02. The average molecular weight is 942 g/mol. The van der Waals surface area contributed by atoms with Gasteiger partial charge >= 0.3 is 5.97 Å². The van der Waals surface area contributed by atoms with Gasteiger partial charge in [0.25, 0.3) is 0 Å². The second-order valence-corrected chi connectivity index (χ2v) is 19.1. The van der Waals surface area contributed by atoms with E-state index in [0.717, 1.165) is 41.0 Å². The van der Waals surface area contributed by atoms with Crippen molar-refractivity contribution in [2.24, 2.45) is 23.7 Å². The lowest BCUT2D eigenvalue weighted by molar-refractivity contribution is -0.304. The van der Waals surface area contributed by atoms with Gasteiger partial charge in [0.15, 0.2) is 12.1 Å². The van der Waals surface area contributed by atoms with E-state index in [1.165, 1.54) is 0 Å². The largest absolute Gasteiger partial charge is 0.468 e. The molecule has 3 N–H and O–H groups in total. The number of aromatic nitrogens is 4. The summed E-state index contributed by atoms with van der Waals surface area (Å²) >= 11 is 0. The first kappa shape index (κ1) is 52.7. The Kier molecular flexibility index (Phi) is 19.2. The molecule has 6 rings (SSSR count). The van der Waals surface area contributed by atoms with Crippen molar-refractivity contribution in [2.45, 2.75) is 136 Å². The fraction of sp³-hybridized carbons (Fsp3) is 0.596. The van der Waals surface area contributed by atoms with Crippen molar-refractivity contribution < 1.29 is 43.5 Å². The number of cyclic esters (lactones) is 1. The van der Waals surface area contributed by atoms with Crippen molar-refractivity contribution >= 4 is 22.7 Å². The number of para-hydroxylation sites is 1. The van der Waals surface area contributed by atoms with Crippen LogP contribution in [0.4, 0.5) is 0 Å². The third kappa shape index (κ3) is 13.8. The molecule has 0 bridgehead atoms. The molecule has 372 valence electrons. The predicted molar refractivity (Wildman–Crippen MR) is 259 cm³/mol. The van der Waals surface area contributed by atoms with E-state index in [0.29, 0.717) is 51.1 Å². The minimum atomic E-state index is -1.27. The first-order valence-electron chi connectivity index (χ1n) is 24.4. The molecule has 5 heterocycles. The van der Waals surface area contributed by atoms with E-state index < -0.39 is 72.7 Å². The smallest absolute Gasteiger partial charge is 0.308 e. The Labute approximate surface area is 401 Å². The van der Waals surface area contributed by atoms with Crippen molar-refractivity contribution in [3.05, 3.63) is 96.4 Å². The topological polar surface area (TPSA) is 189 Å². The van der Waals surface area contributed by atoms with Crippen LogP contribution in [0.2, 0.25) is 0 Å². The van der Waals surface area contributed by atoms with E-state index in [2.05, 4.69) is 45.0 Å². The third-order valence-electron chi connectivity index (χ3n) is 13.9. The predicted octanol–water partition coefficient (Wildman–Crippen LogP) is 5.98. The molecule has 0 aliphatic carbocycles. The van der Waals surface area contributed by atoms with Crippen molar-refractivity contribution in [2.75, 3.05) is 40.3 Å². The molecule has 0 spiro atoms. The molecule has 3 aromatic heterocycles. The van der Waals surface area contributed by atoms with Gasteiger partial charge in [0, 0.05) is 36.2 Å². The van der Waals surface area contributed by atoms with E-state index >= 15 is 0 Å². The maximum atomic E-state index is 14.2. The van der Waals surface area contributed by atoms with Crippen molar-refractivity contribution in [1.82, 2.24) is 34.7 Å². The highest BCUT2D eigenvalue weighted by Gasteiger charge is 2.47. The number of hydrogen-bond acceptors (Lipinski definition) is 15. The van der Waals surface area contributed by atoms with E-state index in [9.17, 15) is 24.9 Å². The van der Waals surface area contributed by atoms with Gasteiger partial charge < -0.3 is 43.7 Å². The maximum absolute atomic E-state index is 14.2. The van der Waals surface area contributed by atoms with Gasteiger partial charge in [-0.2, -0.15) is 0 Å². The van der Waals surface area contributed by atoms with Crippen LogP contribution in [-0.4, -0.2) is 151 Å². The normalized spacial score (nSPS) is 30.5. The van der Waals surface area contributed by atoms with Gasteiger partial charge in [-0.25, -0.2) is 4.68 Å². The second-order valence-electron chi connectivity index (χ2n) is 19.1. The lowest BCUT2D eigenvalue weighted by atomic mass is 9.79. The number of ether oxygens (including phenoxy) is 3. The number of ketones is 1. The number of aliphatic hydroxyl groups excluding tert-OH is 3. The highest BCUT2D eigenvalue weighted by molar-refractivity contribution is 5.91. The lowest BCUT2D eigenvalue weighted by Gasteiger charge is -2.46. The van der Waals surface area contributed by atoms with Crippen LogP contribution in [0.1, 0.15) is 85.6 Å². The molecule has 12 atom stereocenters. The van der Waals surface area contributed by atoms with Crippen LogP contribution in [0.15, 0.2) is 89.3 Å². The van der Waals surface area contributed by atoms with Gasteiger partial charge in [-0.3, -0.25) is 19.5 Å². The van der Waals surface area contributed by atoms with Gasteiger partial charge in [0.05, 0.1) is 79.0 Å². The quantitative estimate of drug-likeness (QED) is 0.111. The molecule has 0 unspecified atom stereocenters. The number of pyridine rings is 1. The number of likely N-dealkylation sites (N-methyl/N-ethyl adjacent to an activating group) is 1. The van der Waals surface area contributed by atoms with Crippen molar-refractivity contribution in [3.63, 3.8) is 0 Å². The number of benzene rings is 1. The first-order valence-corrected chi connectivity index (χ1v) is 24.4. The summed E-state index contributed by atoms with van der Waals surface area (Å²) in [4.78, 5) is 38.9.